The van der Waals surface area contributed by atoms with Gasteiger partial charge in [-0.1, -0.05) is 42.2 Å². The third-order valence-electron chi connectivity index (χ3n) is 2.97. The Hall–Kier alpha value is -2.39. The first-order valence-corrected chi connectivity index (χ1v) is 7.93. The molecule has 0 saturated carbocycles. The van der Waals surface area contributed by atoms with Crippen molar-refractivity contribution in [2.45, 2.75) is 13.0 Å². The molecule has 0 radical (unpaired) electrons. The highest BCUT2D eigenvalue weighted by molar-refractivity contribution is 9.10. The van der Waals surface area contributed by atoms with Crippen molar-refractivity contribution in [2.24, 2.45) is 0 Å². The highest BCUT2D eigenvalue weighted by Gasteiger charge is 2.06. The lowest BCUT2D eigenvalue weighted by molar-refractivity contribution is 0.140. The average molecular weight is 394 g/mol. The minimum absolute atomic E-state index is 0.0256. The molecular formula is C18H14BrF2NO2. The summed E-state index contributed by atoms with van der Waals surface area (Å²) in [5, 5.41) is 2.54. The van der Waals surface area contributed by atoms with E-state index in [0.717, 1.165) is 17.7 Å². The van der Waals surface area contributed by atoms with Gasteiger partial charge >= 0.3 is 6.09 Å². The lowest BCUT2D eigenvalue weighted by Crippen LogP contribution is -2.24. The van der Waals surface area contributed by atoms with Gasteiger partial charge in [-0.25, -0.2) is 13.6 Å². The van der Waals surface area contributed by atoms with Crippen LogP contribution < -0.4 is 5.32 Å². The second kappa shape index (κ2) is 9.04. The summed E-state index contributed by atoms with van der Waals surface area (Å²) < 4.78 is 31.9. The van der Waals surface area contributed by atoms with E-state index in [9.17, 15) is 13.6 Å². The van der Waals surface area contributed by atoms with Gasteiger partial charge in [0.2, 0.25) is 0 Å². The molecule has 0 fully saturated rings. The van der Waals surface area contributed by atoms with Gasteiger partial charge in [0.05, 0.1) is 10.0 Å². The first kappa shape index (κ1) is 18.0. The van der Waals surface area contributed by atoms with Gasteiger partial charge in [-0.2, -0.15) is 0 Å². The first-order chi connectivity index (χ1) is 11.6. The van der Waals surface area contributed by atoms with E-state index in [1.54, 1.807) is 0 Å². The zero-order chi connectivity index (χ0) is 17.4. The van der Waals surface area contributed by atoms with E-state index in [4.69, 9.17) is 4.74 Å². The summed E-state index contributed by atoms with van der Waals surface area (Å²) in [4.78, 5) is 11.5. The van der Waals surface area contributed by atoms with E-state index in [1.807, 2.05) is 30.3 Å². The number of hydrogen-bond donors (Lipinski definition) is 1. The van der Waals surface area contributed by atoms with Crippen LogP contribution in [-0.2, 0) is 11.3 Å². The number of amides is 1. The van der Waals surface area contributed by atoms with Crippen LogP contribution in [0.2, 0.25) is 0 Å². The van der Waals surface area contributed by atoms with Gasteiger partial charge in [0.15, 0.2) is 0 Å². The van der Waals surface area contributed by atoms with E-state index in [1.165, 1.54) is 0 Å². The number of rotatable bonds is 4. The molecule has 0 bridgehead atoms. The predicted molar refractivity (Wildman–Crippen MR) is 90.2 cm³/mol. The van der Waals surface area contributed by atoms with E-state index < -0.39 is 17.7 Å². The summed E-state index contributed by atoms with van der Waals surface area (Å²) in [6.45, 7) is 0.434. The number of hydrogen-bond acceptors (Lipinski definition) is 2. The maximum Gasteiger partial charge on any atom is 0.407 e. The molecule has 0 aromatic heterocycles. The highest BCUT2D eigenvalue weighted by Crippen LogP contribution is 2.19. The van der Waals surface area contributed by atoms with Crippen LogP contribution in [-0.4, -0.2) is 12.6 Å². The van der Waals surface area contributed by atoms with E-state index in [2.05, 4.69) is 33.1 Å². The maximum atomic E-state index is 13.5. The Balaban J connectivity index is 1.73. The summed E-state index contributed by atoms with van der Waals surface area (Å²) in [5.41, 5.74) is 0.863. The van der Waals surface area contributed by atoms with Crippen molar-refractivity contribution in [2.75, 3.05) is 6.54 Å². The largest absolute Gasteiger partial charge is 0.445 e. The molecule has 1 amide bonds. The Labute approximate surface area is 147 Å². The molecule has 0 heterocycles. The molecule has 2 rings (SSSR count). The Morgan fingerprint density at radius 3 is 2.67 bits per heavy atom. The Morgan fingerprint density at radius 2 is 1.92 bits per heavy atom. The van der Waals surface area contributed by atoms with Crippen LogP contribution in [0, 0.1) is 23.5 Å². The molecule has 24 heavy (non-hydrogen) atoms. The number of ether oxygens (including phenoxy) is 1. The molecule has 0 unspecified atom stereocenters. The second-order valence-electron chi connectivity index (χ2n) is 4.79. The molecule has 2 aromatic carbocycles. The summed E-state index contributed by atoms with van der Waals surface area (Å²) in [7, 11) is 0. The first-order valence-electron chi connectivity index (χ1n) is 7.14. The minimum Gasteiger partial charge on any atom is -0.445 e. The standard InChI is InChI=1S/C18H14BrF2NO2/c19-15-11-16(20)14(10-17(15)21)8-4-5-9-22-18(23)24-12-13-6-2-1-3-7-13/h1-3,6-7,10-11H,5,9,12H2,(H,22,23). The normalized spacial score (nSPS) is 9.79. The summed E-state index contributed by atoms with van der Waals surface area (Å²) in [6.07, 6.45) is -0.265. The average Bonchev–Trinajstić information content (AvgIpc) is 2.58. The van der Waals surface area contributed by atoms with Crippen LogP contribution in [0.1, 0.15) is 17.5 Å². The molecule has 6 heteroatoms. The van der Waals surface area contributed by atoms with Crippen molar-refractivity contribution in [3.63, 3.8) is 0 Å². The fourth-order valence-electron chi connectivity index (χ4n) is 1.78. The Bertz CT molecular complexity index is 770. The van der Waals surface area contributed by atoms with Crippen molar-refractivity contribution >= 4 is 22.0 Å². The van der Waals surface area contributed by atoms with Crippen LogP contribution in [0.25, 0.3) is 0 Å². The van der Waals surface area contributed by atoms with Crippen molar-refractivity contribution in [1.82, 2.24) is 5.32 Å². The number of halogens is 3. The van der Waals surface area contributed by atoms with Crippen LogP contribution in [0.15, 0.2) is 46.9 Å². The van der Waals surface area contributed by atoms with Gasteiger partial charge in [-0.05, 0) is 33.6 Å². The predicted octanol–water partition coefficient (Wildman–Crippen LogP) is 4.40. The molecular weight excluding hydrogens is 380 g/mol. The Kier molecular flexibility index (Phi) is 6.76. The number of nitrogens with one attached hydrogen (secondary N) is 1. The zero-order valence-electron chi connectivity index (χ0n) is 12.6. The second-order valence-corrected chi connectivity index (χ2v) is 5.64. The lowest BCUT2D eigenvalue weighted by atomic mass is 10.2. The number of carbonyl (C=O) groups is 1. The molecule has 2 aromatic rings. The number of benzene rings is 2. The van der Waals surface area contributed by atoms with E-state index >= 15 is 0 Å². The van der Waals surface area contributed by atoms with Crippen LogP contribution in [0.5, 0.6) is 0 Å². The third kappa shape index (κ3) is 5.67. The molecule has 0 aliphatic heterocycles. The summed E-state index contributed by atoms with van der Waals surface area (Å²) in [5.74, 6) is 4.02. The van der Waals surface area contributed by atoms with Gasteiger partial charge < -0.3 is 10.1 Å². The molecule has 0 aliphatic rings. The van der Waals surface area contributed by atoms with E-state index in [-0.39, 0.29) is 29.6 Å². The topological polar surface area (TPSA) is 38.3 Å². The highest BCUT2D eigenvalue weighted by atomic mass is 79.9. The lowest BCUT2D eigenvalue weighted by Gasteiger charge is -2.05. The van der Waals surface area contributed by atoms with Crippen molar-refractivity contribution in [3.8, 4) is 11.8 Å². The molecule has 0 aliphatic carbocycles. The Morgan fingerprint density at radius 1 is 1.17 bits per heavy atom. The molecule has 124 valence electrons. The smallest absolute Gasteiger partial charge is 0.407 e. The fourth-order valence-corrected chi connectivity index (χ4v) is 2.09. The number of carbonyl (C=O) groups excluding carboxylic acids is 1. The van der Waals surface area contributed by atoms with Gasteiger partial charge in [-0.15, -0.1) is 0 Å². The van der Waals surface area contributed by atoms with Crippen LogP contribution in [0.4, 0.5) is 13.6 Å². The quantitative estimate of drug-likeness (QED) is 0.475. The van der Waals surface area contributed by atoms with Gasteiger partial charge in [-0.3, -0.25) is 0 Å². The molecule has 1 N–H and O–H groups in total. The molecule has 3 nitrogen and oxygen atoms in total. The molecule has 0 saturated heterocycles. The van der Waals surface area contributed by atoms with E-state index in [0.29, 0.717) is 0 Å². The van der Waals surface area contributed by atoms with Gasteiger partial charge in [0.25, 0.3) is 0 Å². The summed E-state index contributed by atoms with van der Waals surface area (Å²) >= 11 is 2.90. The SMILES string of the molecule is O=C(NCCC#Cc1cc(F)c(Br)cc1F)OCc1ccccc1. The monoisotopic (exact) mass is 393 g/mol. The van der Waals surface area contributed by atoms with Gasteiger partial charge in [0, 0.05) is 13.0 Å². The van der Waals surface area contributed by atoms with Crippen molar-refractivity contribution in [3.05, 3.63) is 69.7 Å². The van der Waals surface area contributed by atoms with Crippen molar-refractivity contribution in [1.29, 1.82) is 0 Å². The maximum absolute atomic E-state index is 13.5. The number of alkyl carbamates (subject to hydrolysis) is 1. The van der Waals surface area contributed by atoms with Crippen LogP contribution >= 0.6 is 15.9 Å². The van der Waals surface area contributed by atoms with Crippen molar-refractivity contribution < 1.29 is 18.3 Å². The van der Waals surface area contributed by atoms with Gasteiger partial charge in [0.1, 0.15) is 18.2 Å². The van der Waals surface area contributed by atoms with Crippen LogP contribution in [0.3, 0.4) is 0 Å². The summed E-state index contributed by atoms with van der Waals surface area (Å²) in [6, 6.07) is 11.3. The molecule has 0 atom stereocenters. The molecule has 0 spiro atoms. The minimum atomic E-state index is -0.606. The zero-order valence-corrected chi connectivity index (χ0v) is 14.2. The fraction of sp³-hybridized carbons (Fsp3) is 0.167. The third-order valence-corrected chi connectivity index (χ3v) is 3.57.